The van der Waals surface area contributed by atoms with Crippen LogP contribution in [0.5, 0.6) is 0 Å². The van der Waals surface area contributed by atoms with Crippen molar-refractivity contribution < 1.29 is 24.5 Å². The summed E-state index contributed by atoms with van der Waals surface area (Å²) in [6.45, 7) is 4.94. The lowest BCUT2D eigenvalue weighted by Gasteiger charge is -2.22. The molecular formula is C67H127NO5. The molecule has 0 aliphatic rings. The summed E-state index contributed by atoms with van der Waals surface area (Å²) in [6.07, 6.45) is 78.7. The van der Waals surface area contributed by atoms with E-state index in [4.69, 9.17) is 4.74 Å². The van der Waals surface area contributed by atoms with E-state index in [0.29, 0.717) is 25.9 Å². The first-order valence-electron chi connectivity index (χ1n) is 32.7. The Morgan fingerprint density at radius 2 is 0.685 bits per heavy atom. The van der Waals surface area contributed by atoms with Gasteiger partial charge in [-0.2, -0.15) is 0 Å². The summed E-state index contributed by atoms with van der Waals surface area (Å²) in [5, 5.41) is 23.3. The minimum absolute atomic E-state index is 0.000850. The van der Waals surface area contributed by atoms with E-state index in [1.807, 2.05) is 0 Å². The van der Waals surface area contributed by atoms with E-state index in [0.717, 1.165) is 51.4 Å². The SMILES string of the molecule is CCCCC/C=C\C/C=C\CCCCCCCCCC(=O)OCCCCCCCCCCCC/C=C\CCCCCCCCCC(=O)NC(CO)C(O)CCCCCCCCCCCCCCCCCCCC. The molecule has 0 radical (unpaired) electrons. The Bertz CT molecular complexity index is 1180. The third kappa shape index (κ3) is 59.2. The summed E-state index contributed by atoms with van der Waals surface area (Å²) in [7, 11) is 0. The number of rotatable bonds is 61. The third-order valence-corrected chi connectivity index (χ3v) is 15.2. The average Bonchev–Trinajstić information content (AvgIpc) is 3.39. The van der Waals surface area contributed by atoms with Gasteiger partial charge in [0.25, 0.3) is 0 Å². The van der Waals surface area contributed by atoms with Gasteiger partial charge in [-0.25, -0.2) is 0 Å². The summed E-state index contributed by atoms with van der Waals surface area (Å²) in [5.41, 5.74) is 0. The molecule has 0 aromatic carbocycles. The van der Waals surface area contributed by atoms with Gasteiger partial charge in [0.05, 0.1) is 25.4 Å². The van der Waals surface area contributed by atoms with Gasteiger partial charge in [0.2, 0.25) is 5.91 Å². The third-order valence-electron chi connectivity index (χ3n) is 15.2. The molecule has 73 heavy (non-hydrogen) atoms. The predicted molar refractivity (Wildman–Crippen MR) is 319 cm³/mol. The number of allylic oxidation sites excluding steroid dienone is 6. The number of carbonyl (C=O) groups excluding carboxylic acids is 2. The van der Waals surface area contributed by atoms with Gasteiger partial charge in [-0.3, -0.25) is 9.59 Å². The zero-order valence-corrected chi connectivity index (χ0v) is 49.1. The summed E-state index contributed by atoms with van der Waals surface area (Å²) in [4.78, 5) is 24.6. The highest BCUT2D eigenvalue weighted by atomic mass is 16.5. The number of carbonyl (C=O) groups is 2. The second kappa shape index (κ2) is 62.6. The van der Waals surface area contributed by atoms with Crippen LogP contribution >= 0.6 is 0 Å². The Morgan fingerprint density at radius 1 is 0.384 bits per heavy atom. The van der Waals surface area contributed by atoms with Crippen molar-refractivity contribution in [1.29, 1.82) is 0 Å². The lowest BCUT2D eigenvalue weighted by Crippen LogP contribution is -2.45. The molecule has 1 amide bonds. The summed E-state index contributed by atoms with van der Waals surface area (Å²) in [6, 6.07) is -0.548. The largest absolute Gasteiger partial charge is 0.466 e. The standard InChI is InChI=1S/C67H127NO5/c1-3-5-7-9-11-13-15-17-19-21-28-31-35-39-43-47-51-55-59-65(70)64(63-69)68-66(71)60-56-52-48-44-40-36-32-29-25-23-22-24-26-30-34-38-42-46-50-54-58-62-73-67(72)61-57-53-49-45-41-37-33-27-20-18-16-14-12-10-8-6-4-2/h12,14,18,20,23,25,64-65,69-70H,3-11,13,15-17,19,21-22,24,26-63H2,1-2H3,(H,68,71)/b14-12-,20-18-,25-23-. The van der Waals surface area contributed by atoms with Crippen LogP contribution in [0.15, 0.2) is 36.5 Å². The molecule has 0 saturated heterocycles. The van der Waals surface area contributed by atoms with Crippen LogP contribution in [0.3, 0.4) is 0 Å². The highest BCUT2D eigenvalue weighted by Crippen LogP contribution is 2.18. The number of esters is 1. The van der Waals surface area contributed by atoms with E-state index in [2.05, 4.69) is 55.6 Å². The zero-order chi connectivity index (χ0) is 52.9. The van der Waals surface area contributed by atoms with E-state index in [1.54, 1.807) is 0 Å². The molecule has 0 aliphatic carbocycles. The van der Waals surface area contributed by atoms with Gasteiger partial charge in [0.15, 0.2) is 0 Å². The molecule has 6 nitrogen and oxygen atoms in total. The molecule has 0 saturated carbocycles. The number of unbranched alkanes of at least 4 members (excludes halogenated alkanes) is 44. The first-order valence-corrected chi connectivity index (χ1v) is 32.7. The van der Waals surface area contributed by atoms with Crippen LogP contribution in [-0.4, -0.2) is 47.4 Å². The van der Waals surface area contributed by atoms with Crippen molar-refractivity contribution in [2.45, 2.75) is 366 Å². The summed E-state index contributed by atoms with van der Waals surface area (Å²) < 4.78 is 5.49. The Balaban J connectivity index is 3.42. The quantitative estimate of drug-likeness (QED) is 0.0320. The molecule has 0 spiro atoms. The lowest BCUT2D eigenvalue weighted by atomic mass is 10.0. The van der Waals surface area contributed by atoms with Crippen molar-refractivity contribution in [3.8, 4) is 0 Å². The maximum atomic E-state index is 12.5. The fourth-order valence-corrected chi connectivity index (χ4v) is 10.1. The van der Waals surface area contributed by atoms with Crippen molar-refractivity contribution in [2.24, 2.45) is 0 Å². The Hall–Kier alpha value is -1.92. The maximum Gasteiger partial charge on any atom is 0.305 e. The number of hydrogen-bond donors (Lipinski definition) is 3. The Morgan fingerprint density at radius 3 is 1.08 bits per heavy atom. The van der Waals surface area contributed by atoms with Crippen molar-refractivity contribution in [1.82, 2.24) is 5.32 Å². The lowest BCUT2D eigenvalue weighted by molar-refractivity contribution is -0.143. The molecule has 0 aliphatic heterocycles. The van der Waals surface area contributed by atoms with Crippen LogP contribution < -0.4 is 5.32 Å². The van der Waals surface area contributed by atoms with E-state index in [-0.39, 0.29) is 18.5 Å². The number of aliphatic hydroxyl groups excluding tert-OH is 2. The maximum absolute atomic E-state index is 12.5. The van der Waals surface area contributed by atoms with Crippen LogP contribution in [0.4, 0.5) is 0 Å². The molecule has 6 heteroatoms. The second-order valence-corrected chi connectivity index (χ2v) is 22.4. The molecule has 0 rings (SSSR count). The Labute approximate surface area is 455 Å². The number of amides is 1. The smallest absolute Gasteiger partial charge is 0.305 e. The fraction of sp³-hybridized carbons (Fsp3) is 0.881. The van der Waals surface area contributed by atoms with Crippen LogP contribution in [-0.2, 0) is 14.3 Å². The van der Waals surface area contributed by atoms with Gasteiger partial charge in [-0.15, -0.1) is 0 Å². The molecular weight excluding hydrogens is 899 g/mol. The van der Waals surface area contributed by atoms with Gasteiger partial charge in [-0.1, -0.05) is 294 Å². The number of hydrogen-bond acceptors (Lipinski definition) is 5. The molecule has 430 valence electrons. The van der Waals surface area contributed by atoms with Crippen molar-refractivity contribution in [3.05, 3.63) is 36.5 Å². The van der Waals surface area contributed by atoms with E-state index in [9.17, 15) is 19.8 Å². The molecule has 0 bridgehead atoms. The normalized spacial score (nSPS) is 12.8. The minimum atomic E-state index is -0.670. The van der Waals surface area contributed by atoms with Gasteiger partial charge in [0.1, 0.15) is 0 Å². The molecule has 0 aromatic rings. The highest BCUT2D eigenvalue weighted by molar-refractivity contribution is 5.76. The van der Waals surface area contributed by atoms with Gasteiger partial charge >= 0.3 is 5.97 Å². The van der Waals surface area contributed by atoms with Crippen LogP contribution in [0.2, 0.25) is 0 Å². The van der Waals surface area contributed by atoms with Crippen LogP contribution in [0, 0.1) is 0 Å². The van der Waals surface area contributed by atoms with Crippen LogP contribution in [0.25, 0.3) is 0 Å². The summed E-state index contributed by atoms with van der Waals surface area (Å²) >= 11 is 0. The van der Waals surface area contributed by atoms with Crippen molar-refractivity contribution in [2.75, 3.05) is 13.2 Å². The van der Waals surface area contributed by atoms with Gasteiger partial charge < -0.3 is 20.3 Å². The minimum Gasteiger partial charge on any atom is -0.466 e. The van der Waals surface area contributed by atoms with Gasteiger partial charge in [-0.05, 0) is 83.5 Å². The number of aliphatic hydroxyl groups is 2. The molecule has 0 aromatic heterocycles. The van der Waals surface area contributed by atoms with Crippen molar-refractivity contribution in [3.63, 3.8) is 0 Å². The van der Waals surface area contributed by atoms with Crippen LogP contribution in [0.1, 0.15) is 354 Å². The first-order chi connectivity index (χ1) is 36.0. The first kappa shape index (κ1) is 71.1. The molecule has 2 unspecified atom stereocenters. The molecule has 0 heterocycles. The van der Waals surface area contributed by atoms with Gasteiger partial charge in [0, 0.05) is 12.8 Å². The molecule has 2 atom stereocenters. The highest BCUT2D eigenvalue weighted by Gasteiger charge is 2.20. The number of ether oxygens (including phenoxy) is 1. The molecule has 0 fully saturated rings. The topological polar surface area (TPSA) is 95.9 Å². The second-order valence-electron chi connectivity index (χ2n) is 22.4. The average molecular weight is 1030 g/mol. The van der Waals surface area contributed by atoms with Crippen molar-refractivity contribution >= 4 is 11.9 Å². The molecule has 3 N–H and O–H groups in total. The zero-order valence-electron chi connectivity index (χ0n) is 49.1. The monoisotopic (exact) mass is 1030 g/mol. The predicted octanol–water partition coefficient (Wildman–Crippen LogP) is 20.8. The van der Waals surface area contributed by atoms with E-state index < -0.39 is 12.1 Å². The summed E-state index contributed by atoms with van der Waals surface area (Å²) in [5.74, 6) is -0.0395. The van der Waals surface area contributed by atoms with E-state index in [1.165, 1.54) is 270 Å². The Kier molecular flexibility index (Phi) is 61.0. The fourth-order valence-electron chi connectivity index (χ4n) is 10.1. The van der Waals surface area contributed by atoms with E-state index >= 15 is 0 Å². The number of nitrogens with one attached hydrogen (secondary N) is 1.